The van der Waals surface area contributed by atoms with Crippen LogP contribution in [0.15, 0.2) is 24.3 Å². The fraction of sp³-hybridized carbons (Fsp3) is 0.611. The van der Waals surface area contributed by atoms with Crippen molar-refractivity contribution in [2.24, 2.45) is 0 Å². The Bertz CT molecular complexity index is 498. The van der Waals surface area contributed by atoms with Crippen LogP contribution in [0.1, 0.15) is 12.0 Å². The van der Waals surface area contributed by atoms with Crippen LogP contribution in [0, 0.1) is 0 Å². The molecule has 0 bridgehead atoms. The number of rotatable bonds is 7. The van der Waals surface area contributed by atoms with Crippen LogP contribution in [0.4, 0.5) is 4.79 Å². The summed E-state index contributed by atoms with van der Waals surface area (Å²) in [6.07, 6.45) is 2.01. The molecule has 0 atom stereocenters. The Hall–Kier alpha value is -1.30. The first-order chi connectivity index (χ1) is 11.5. The molecule has 1 N–H and O–H groups in total. The Kier molecular flexibility index (Phi) is 7.82. The lowest BCUT2D eigenvalue weighted by molar-refractivity contribution is 0.140. The van der Waals surface area contributed by atoms with Crippen LogP contribution in [-0.4, -0.2) is 80.6 Å². The first kappa shape index (κ1) is 19.0. The molecular formula is C18H29ClN4O. The van der Waals surface area contributed by atoms with Gasteiger partial charge in [-0.05, 0) is 51.2 Å². The predicted molar refractivity (Wildman–Crippen MR) is 99.7 cm³/mol. The Morgan fingerprint density at radius 3 is 2.46 bits per heavy atom. The van der Waals surface area contributed by atoms with Crippen molar-refractivity contribution in [3.8, 4) is 0 Å². The minimum absolute atomic E-state index is 0.0751. The molecule has 0 unspecified atom stereocenters. The van der Waals surface area contributed by atoms with Gasteiger partial charge in [0.25, 0.3) is 0 Å². The molecular weight excluding hydrogens is 324 g/mol. The van der Waals surface area contributed by atoms with Crippen LogP contribution in [0.2, 0.25) is 5.02 Å². The number of hydrogen-bond acceptors (Lipinski definition) is 3. The maximum absolute atomic E-state index is 12.1. The topological polar surface area (TPSA) is 38.8 Å². The van der Waals surface area contributed by atoms with Crippen molar-refractivity contribution >= 4 is 17.6 Å². The minimum atomic E-state index is 0.0751. The van der Waals surface area contributed by atoms with E-state index < -0.39 is 0 Å². The third kappa shape index (κ3) is 6.67. The summed E-state index contributed by atoms with van der Waals surface area (Å²) in [6, 6.07) is 8.12. The quantitative estimate of drug-likeness (QED) is 0.764. The number of nitrogens with one attached hydrogen (secondary N) is 1. The molecule has 0 aliphatic carbocycles. The van der Waals surface area contributed by atoms with E-state index in [1.54, 1.807) is 0 Å². The normalized spacial score (nSPS) is 15.8. The molecule has 1 aromatic carbocycles. The Balaban J connectivity index is 1.62. The van der Waals surface area contributed by atoms with Crippen molar-refractivity contribution in [2.75, 3.05) is 59.9 Å². The zero-order valence-corrected chi connectivity index (χ0v) is 15.6. The van der Waals surface area contributed by atoms with Gasteiger partial charge in [0.1, 0.15) is 0 Å². The molecule has 24 heavy (non-hydrogen) atoms. The van der Waals surface area contributed by atoms with E-state index in [0.29, 0.717) is 0 Å². The maximum Gasteiger partial charge on any atom is 0.317 e. The third-order valence-electron chi connectivity index (χ3n) is 4.35. The first-order valence-corrected chi connectivity index (χ1v) is 9.06. The Morgan fingerprint density at radius 2 is 1.83 bits per heavy atom. The first-order valence-electron chi connectivity index (χ1n) is 8.69. The molecule has 0 radical (unpaired) electrons. The van der Waals surface area contributed by atoms with Crippen LogP contribution >= 0.6 is 11.6 Å². The highest BCUT2D eigenvalue weighted by Crippen LogP contribution is 2.11. The standard InChI is InChI=1S/C18H29ClN4O/c1-21(2)10-3-9-20-18(24)23-14-12-22(13-15-23)11-8-16-4-6-17(19)7-5-16/h4-7H,3,8-15H2,1-2H3,(H,20,24). The number of halogens is 1. The highest BCUT2D eigenvalue weighted by Gasteiger charge is 2.20. The van der Waals surface area contributed by atoms with Gasteiger partial charge >= 0.3 is 6.03 Å². The summed E-state index contributed by atoms with van der Waals surface area (Å²) in [6.45, 7) is 6.27. The van der Waals surface area contributed by atoms with E-state index in [9.17, 15) is 4.79 Å². The van der Waals surface area contributed by atoms with Gasteiger partial charge in [0.05, 0.1) is 0 Å². The third-order valence-corrected chi connectivity index (χ3v) is 4.60. The Labute approximate surface area is 150 Å². The Morgan fingerprint density at radius 1 is 1.17 bits per heavy atom. The largest absolute Gasteiger partial charge is 0.338 e. The molecule has 0 aromatic heterocycles. The van der Waals surface area contributed by atoms with Gasteiger partial charge in [-0.15, -0.1) is 0 Å². The van der Waals surface area contributed by atoms with Crippen molar-refractivity contribution in [1.82, 2.24) is 20.0 Å². The molecule has 1 saturated heterocycles. The number of nitrogens with zero attached hydrogens (tertiary/aromatic N) is 3. The lowest BCUT2D eigenvalue weighted by Gasteiger charge is -2.34. The van der Waals surface area contributed by atoms with Crippen molar-refractivity contribution in [2.45, 2.75) is 12.8 Å². The average molecular weight is 353 g/mol. The second kappa shape index (κ2) is 9.87. The summed E-state index contributed by atoms with van der Waals surface area (Å²) in [4.78, 5) is 18.6. The van der Waals surface area contributed by atoms with E-state index in [0.717, 1.165) is 63.7 Å². The van der Waals surface area contributed by atoms with Crippen LogP contribution in [0.3, 0.4) is 0 Å². The molecule has 1 aromatic rings. The molecule has 134 valence electrons. The average Bonchev–Trinajstić information content (AvgIpc) is 2.58. The summed E-state index contributed by atoms with van der Waals surface area (Å²) < 4.78 is 0. The minimum Gasteiger partial charge on any atom is -0.338 e. The van der Waals surface area contributed by atoms with Gasteiger partial charge in [-0.3, -0.25) is 4.90 Å². The second-order valence-electron chi connectivity index (χ2n) is 6.59. The number of hydrogen-bond donors (Lipinski definition) is 1. The number of piperazine rings is 1. The van der Waals surface area contributed by atoms with Gasteiger partial charge in [0.2, 0.25) is 0 Å². The number of urea groups is 1. The van der Waals surface area contributed by atoms with Gasteiger partial charge in [-0.25, -0.2) is 4.79 Å². The zero-order valence-electron chi connectivity index (χ0n) is 14.8. The highest BCUT2D eigenvalue weighted by molar-refractivity contribution is 6.30. The number of carbonyl (C=O) groups is 1. The van der Waals surface area contributed by atoms with Gasteiger partial charge in [-0.2, -0.15) is 0 Å². The van der Waals surface area contributed by atoms with Crippen molar-refractivity contribution in [3.05, 3.63) is 34.9 Å². The predicted octanol–water partition coefficient (Wildman–Crippen LogP) is 2.16. The summed E-state index contributed by atoms with van der Waals surface area (Å²) in [5, 5.41) is 3.80. The maximum atomic E-state index is 12.1. The van der Waals surface area contributed by atoms with Crippen molar-refractivity contribution in [1.29, 1.82) is 0 Å². The van der Waals surface area contributed by atoms with E-state index >= 15 is 0 Å². The summed E-state index contributed by atoms with van der Waals surface area (Å²) in [5.41, 5.74) is 1.31. The number of amides is 2. The molecule has 0 spiro atoms. The zero-order chi connectivity index (χ0) is 17.4. The number of benzene rings is 1. The van der Waals surface area contributed by atoms with Crippen LogP contribution in [0.25, 0.3) is 0 Å². The SMILES string of the molecule is CN(C)CCCNC(=O)N1CCN(CCc2ccc(Cl)cc2)CC1. The molecule has 5 nitrogen and oxygen atoms in total. The van der Waals surface area contributed by atoms with Gasteiger partial charge < -0.3 is 15.1 Å². The summed E-state index contributed by atoms with van der Waals surface area (Å²) >= 11 is 5.91. The second-order valence-corrected chi connectivity index (χ2v) is 7.03. The van der Waals surface area contributed by atoms with E-state index in [-0.39, 0.29) is 6.03 Å². The van der Waals surface area contributed by atoms with Gasteiger partial charge in [0.15, 0.2) is 0 Å². The molecule has 6 heteroatoms. The molecule has 0 saturated carbocycles. The van der Waals surface area contributed by atoms with Gasteiger partial charge in [0, 0.05) is 44.3 Å². The van der Waals surface area contributed by atoms with Crippen molar-refractivity contribution < 1.29 is 4.79 Å². The smallest absolute Gasteiger partial charge is 0.317 e. The molecule has 1 aliphatic rings. The van der Waals surface area contributed by atoms with Crippen LogP contribution in [0.5, 0.6) is 0 Å². The van der Waals surface area contributed by atoms with Crippen LogP contribution in [-0.2, 0) is 6.42 Å². The van der Waals surface area contributed by atoms with Crippen LogP contribution < -0.4 is 5.32 Å². The van der Waals surface area contributed by atoms with Gasteiger partial charge in [-0.1, -0.05) is 23.7 Å². The lowest BCUT2D eigenvalue weighted by Crippen LogP contribution is -2.52. The monoisotopic (exact) mass is 352 g/mol. The van der Waals surface area contributed by atoms with E-state index in [2.05, 4.69) is 27.2 Å². The molecule has 1 aliphatic heterocycles. The molecule has 2 amide bonds. The molecule has 1 heterocycles. The fourth-order valence-corrected chi connectivity index (χ4v) is 2.94. The number of carbonyl (C=O) groups excluding carboxylic acids is 1. The van der Waals surface area contributed by atoms with E-state index in [1.807, 2.05) is 31.1 Å². The van der Waals surface area contributed by atoms with E-state index in [1.165, 1.54) is 5.56 Å². The van der Waals surface area contributed by atoms with E-state index in [4.69, 9.17) is 11.6 Å². The molecule has 1 fully saturated rings. The lowest BCUT2D eigenvalue weighted by atomic mass is 10.1. The highest BCUT2D eigenvalue weighted by atomic mass is 35.5. The summed E-state index contributed by atoms with van der Waals surface area (Å²) in [5.74, 6) is 0. The fourth-order valence-electron chi connectivity index (χ4n) is 2.82. The summed E-state index contributed by atoms with van der Waals surface area (Å²) in [7, 11) is 4.09. The molecule has 2 rings (SSSR count). The van der Waals surface area contributed by atoms with Crippen molar-refractivity contribution in [3.63, 3.8) is 0 Å².